The quantitative estimate of drug-likeness (QED) is 0.821. The predicted octanol–water partition coefficient (Wildman–Crippen LogP) is 1.57. The van der Waals surface area contributed by atoms with Crippen LogP contribution in [0.4, 0.5) is 11.9 Å². The lowest BCUT2D eigenvalue weighted by molar-refractivity contribution is 0.428. The maximum Gasteiger partial charge on any atom is 0.229 e. The average Bonchev–Trinajstić information content (AvgIpc) is 2.29. The zero-order valence-corrected chi connectivity index (χ0v) is 9.98. The largest absolute Gasteiger partial charge is 0.368 e. The fourth-order valence-corrected chi connectivity index (χ4v) is 2.14. The molecule has 2 N–H and O–H groups in total. The van der Waals surface area contributed by atoms with Crippen molar-refractivity contribution in [3.05, 3.63) is 5.82 Å². The Bertz CT molecular complexity index is 357. The molecule has 5 nitrogen and oxygen atoms in total. The number of nitrogens with two attached hydrogens (primary N) is 1. The average molecular weight is 221 g/mol. The zero-order chi connectivity index (χ0) is 11.5. The van der Waals surface area contributed by atoms with E-state index in [4.69, 9.17) is 5.73 Å². The molecule has 0 aromatic carbocycles. The van der Waals surface area contributed by atoms with Gasteiger partial charge < -0.3 is 10.6 Å². The van der Waals surface area contributed by atoms with Gasteiger partial charge in [0.15, 0.2) is 0 Å². The number of anilines is 2. The molecule has 0 unspecified atom stereocenters. The first-order chi connectivity index (χ1) is 7.66. The molecule has 16 heavy (non-hydrogen) atoms. The Labute approximate surface area is 96.1 Å². The lowest BCUT2D eigenvalue weighted by Crippen LogP contribution is -2.18. The first-order valence-electron chi connectivity index (χ1n) is 5.85. The first-order valence-corrected chi connectivity index (χ1v) is 5.85. The van der Waals surface area contributed by atoms with Crippen LogP contribution in [0.1, 0.15) is 43.8 Å². The molecule has 0 amide bonds. The maximum absolute atomic E-state index is 5.71. The molecule has 1 fully saturated rings. The van der Waals surface area contributed by atoms with E-state index in [1.54, 1.807) is 0 Å². The lowest BCUT2D eigenvalue weighted by atomic mass is 9.89. The van der Waals surface area contributed by atoms with E-state index in [1.807, 2.05) is 19.0 Å². The summed E-state index contributed by atoms with van der Waals surface area (Å²) in [5.41, 5.74) is 5.71. The van der Waals surface area contributed by atoms with Crippen molar-refractivity contribution in [1.29, 1.82) is 0 Å². The van der Waals surface area contributed by atoms with Crippen molar-refractivity contribution in [2.75, 3.05) is 24.7 Å². The molecule has 0 atom stereocenters. The van der Waals surface area contributed by atoms with Crippen LogP contribution < -0.4 is 10.6 Å². The molecular weight excluding hydrogens is 202 g/mol. The molecule has 1 aromatic rings. The highest BCUT2D eigenvalue weighted by Crippen LogP contribution is 2.31. The Hall–Kier alpha value is -1.39. The molecule has 88 valence electrons. The number of nitrogens with zero attached hydrogens (tertiary/aromatic N) is 4. The predicted molar refractivity (Wildman–Crippen MR) is 64.4 cm³/mol. The van der Waals surface area contributed by atoms with Gasteiger partial charge in [0.1, 0.15) is 5.82 Å². The summed E-state index contributed by atoms with van der Waals surface area (Å²) in [7, 11) is 3.83. The minimum atomic E-state index is 0.333. The van der Waals surface area contributed by atoms with E-state index < -0.39 is 0 Å². The van der Waals surface area contributed by atoms with Crippen LogP contribution in [-0.4, -0.2) is 29.0 Å². The summed E-state index contributed by atoms with van der Waals surface area (Å²) in [6, 6.07) is 0. The molecule has 0 spiro atoms. The molecular formula is C11H19N5. The Morgan fingerprint density at radius 3 is 2.38 bits per heavy atom. The monoisotopic (exact) mass is 221 g/mol. The second-order valence-electron chi connectivity index (χ2n) is 4.58. The number of nitrogen functional groups attached to an aromatic ring is 1. The molecule has 0 radical (unpaired) electrons. The molecule has 1 aliphatic rings. The van der Waals surface area contributed by atoms with Crippen molar-refractivity contribution in [1.82, 2.24) is 15.0 Å². The SMILES string of the molecule is CN(C)c1nc(N)nc(C2CCCCC2)n1. The summed E-state index contributed by atoms with van der Waals surface area (Å²) in [5.74, 6) is 2.33. The van der Waals surface area contributed by atoms with Gasteiger partial charge in [0.25, 0.3) is 0 Å². The first kappa shape index (κ1) is 11.1. The Morgan fingerprint density at radius 2 is 1.75 bits per heavy atom. The smallest absolute Gasteiger partial charge is 0.229 e. The molecule has 1 heterocycles. The summed E-state index contributed by atoms with van der Waals surface area (Å²) in [6.45, 7) is 0. The summed E-state index contributed by atoms with van der Waals surface area (Å²) >= 11 is 0. The number of rotatable bonds is 2. The minimum absolute atomic E-state index is 0.333. The molecule has 2 rings (SSSR count). The van der Waals surface area contributed by atoms with Crippen LogP contribution in [0, 0.1) is 0 Å². The summed E-state index contributed by atoms with van der Waals surface area (Å²) in [5, 5.41) is 0. The van der Waals surface area contributed by atoms with Gasteiger partial charge in [-0.3, -0.25) is 0 Å². The van der Waals surface area contributed by atoms with E-state index in [9.17, 15) is 0 Å². The van der Waals surface area contributed by atoms with E-state index in [2.05, 4.69) is 15.0 Å². The van der Waals surface area contributed by atoms with Crippen LogP contribution >= 0.6 is 0 Å². The van der Waals surface area contributed by atoms with Gasteiger partial charge in [0.05, 0.1) is 0 Å². The van der Waals surface area contributed by atoms with E-state index in [0.717, 1.165) is 5.82 Å². The topological polar surface area (TPSA) is 67.9 Å². The highest BCUT2D eigenvalue weighted by atomic mass is 15.3. The zero-order valence-electron chi connectivity index (χ0n) is 9.98. The van der Waals surface area contributed by atoms with Crippen molar-refractivity contribution in [2.24, 2.45) is 0 Å². The second-order valence-corrected chi connectivity index (χ2v) is 4.58. The number of aromatic nitrogens is 3. The third-order valence-electron chi connectivity index (χ3n) is 3.03. The van der Waals surface area contributed by atoms with Crippen molar-refractivity contribution in [2.45, 2.75) is 38.0 Å². The van der Waals surface area contributed by atoms with E-state index in [1.165, 1.54) is 32.1 Å². The van der Waals surface area contributed by atoms with E-state index >= 15 is 0 Å². The van der Waals surface area contributed by atoms with Gasteiger partial charge in [0.2, 0.25) is 11.9 Å². The van der Waals surface area contributed by atoms with Gasteiger partial charge in [-0.15, -0.1) is 0 Å². The minimum Gasteiger partial charge on any atom is -0.368 e. The Morgan fingerprint density at radius 1 is 1.06 bits per heavy atom. The highest BCUT2D eigenvalue weighted by molar-refractivity contribution is 5.33. The lowest BCUT2D eigenvalue weighted by Gasteiger charge is -2.21. The molecule has 1 aliphatic carbocycles. The highest BCUT2D eigenvalue weighted by Gasteiger charge is 2.19. The summed E-state index contributed by atoms with van der Waals surface area (Å²) < 4.78 is 0. The third-order valence-corrected chi connectivity index (χ3v) is 3.03. The van der Waals surface area contributed by atoms with Crippen LogP contribution in [0.25, 0.3) is 0 Å². The maximum atomic E-state index is 5.71. The van der Waals surface area contributed by atoms with Gasteiger partial charge in [-0.05, 0) is 12.8 Å². The molecule has 0 bridgehead atoms. The van der Waals surface area contributed by atoms with Crippen LogP contribution in [0.3, 0.4) is 0 Å². The third kappa shape index (κ3) is 2.40. The van der Waals surface area contributed by atoms with Gasteiger partial charge in [-0.1, -0.05) is 19.3 Å². The van der Waals surface area contributed by atoms with E-state index in [-0.39, 0.29) is 0 Å². The van der Waals surface area contributed by atoms with Gasteiger partial charge in [-0.2, -0.15) is 15.0 Å². The molecule has 1 aromatic heterocycles. The van der Waals surface area contributed by atoms with Crippen molar-refractivity contribution in [3.63, 3.8) is 0 Å². The standard InChI is InChI=1S/C11H19N5/c1-16(2)11-14-9(13-10(12)15-11)8-6-4-3-5-7-8/h8H,3-7H2,1-2H3,(H2,12,13,14,15). The molecule has 5 heteroatoms. The Balaban J connectivity index is 2.25. The summed E-state index contributed by atoms with van der Waals surface area (Å²) in [4.78, 5) is 14.7. The van der Waals surface area contributed by atoms with Crippen LogP contribution in [0.5, 0.6) is 0 Å². The van der Waals surface area contributed by atoms with Crippen LogP contribution in [0.15, 0.2) is 0 Å². The molecule has 1 saturated carbocycles. The fourth-order valence-electron chi connectivity index (χ4n) is 2.14. The van der Waals surface area contributed by atoms with Crippen molar-refractivity contribution < 1.29 is 0 Å². The Kier molecular flexibility index (Phi) is 3.22. The van der Waals surface area contributed by atoms with Crippen LogP contribution in [-0.2, 0) is 0 Å². The van der Waals surface area contributed by atoms with Gasteiger partial charge >= 0.3 is 0 Å². The normalized spacial score (nSPS) is 17.4. The number of hydrogen-bond donors (Lipinski definition) is 1. The summed E-state index contributed by atoms with van der Waals surface area (Å²) in [6.07, 6.45) is 6.23. The molecule has 0 aliphatic heterocycles. The van der Waals surface area contributed by atoms with Crippen LogP contribution in [0.2, 0.25) is 0 Å². The number of hydrogen-bond acceptors (Lipinski definition) is 5. The van der Waals surface area contributed by atoms with Crippen molar-refractivity contribution >= 4 is 11.9 Å². The second kappa shape index (κ2) is 4.63. The fraction of sp³-hybridized carbons (Fsp3) is 0.727. The van der Waals surface area contributed by atoms with E-state index in [0.29, 0.717) is 17.8 Å². The van der Waals surface area contributed by atoms with Gasteiger partial charge in [0, 0.05) is 20.0 Å². The van der Waals surface area contributed by atoms with Crippen molar-refractivity contribution in [3.8, 4) is 0 Å². The molecule has 0 saturated heterocycles. The van der Waals surface area contributed by atoms with Gasteiger partial charge in [-0.25, -0.2) is 0 Å².